The lowest BCUT2D eigenvalue weighted by atomic mass is 9.74. The highest BCUT2D eigenvalue weighted by Crippen LogP contribution is 2.38. The van der Waals surface area contributed by atoms with Gasteiger partial charge in [0.1, 0.15) is 5.54 Å². The molecule has 0 saturated heterocycles. The molecule has 1 fully saturated rings. The lowest BCUT2D eigenvalue weighted by molar-refractivity contribution is -0.161. The second-order valence-corrected chi connectivity index (χ2v) is 5.33. The maximum Gasteiger partial charge on any atom is 0.329 e. The third kappa shape index (κ3) is 2.85. The first kappa shape index (κ1) is 15.0. The van der Waals surface area contributed by atoms with Crippen LogP contribution in [0, 0.1) is 5.92 Å². The predicted molar refractivity (Wildman–Crippen MR) is 70.3 cm³/mol. The molecule has 1 amide bonds. The molecule has 0 heterocycles. The van der Waals surface area contributed by atoms with Crippen LogP contribution >= 0.6 is 0 Å². The minimum absolute atomic E-state index is 0.131. The Kier molecular flexibility index (Phi) is 5.17. The lowest BCUT2D eigenvalue weighted by Gasteiger charge is -2.44. The van der Waals surface area contributed by atoms with Crippen LogP contribution in [0.1, 0.15) is 59.3 Å². The highest BCUT2D eigenvalue weighted by atomic mass is 16.4. The van der Waals surface area contributed by atoms with Gasteiger partial charge >= 0.3 is 5.97 Å². The van der Waals surface area contributed by atoms with Gasteiger partial charge in [-0.1, -0.05) is 19.8 Å². The Hall–Kier alpha value is -1.06. The molecule has 1 aliphatic carbocycles. The van der Waals surface area contributed by atoms with Crippen molar-refractivity contribution in [3.05, 3.63) is 0 Å². The van der Waals surface area contributed by atoms with Gasteiger partial charge in [-0.05, 0) is 38.5 Å². The zero-order valence-corrected chi connectivity index (χ0v) is 11.7. The quantitative estimate of drug-likeness (QED) is 0.821. The van der Waals surface area contributed by atoms with Crippen molar-refractivity contribution in [1.29, 1.82) is 0 Å². The molecule has 0 unspecified atom stereocenters. The summed E-state index contributed by atoms with van der Waals surface area (Å²) >= 11 is 0. The molecule has 0 atom stereocenters. The van der Waals surface area contributed by atoms with Crippen molar-refractivity contribution in [3.63, 3.8) is 0 Å². The topological polar surface area (TPSA) is 57.6 Å². The van der Waals surface area contributed by atoms with Crippen LogP contribution in [0.15, 0.2) is 0 Å². The Labute approximate surface area is 109 Å². The first-order valence-electron chi connectivity index (χ1n) is 6.99. The molecule has 0 aromatic carbocycles. The molecule has 1 N–H and O–H groups in total. The van der Waals surface area contributed by atoms with E-state index in [1.807, 2.05) is 6.92 Å². The highest BCUT2D eigenvalue weighted by Gasteiger charge is 2.47. The standard InChI is InChI=1S/C14H25NO3/c1-4-6-12-7-9-14(10-8-12,13(17)18)15(5-2)11(3)16/h12H,4-10H2,1-3H3,(H,17,18). The summed E-state index contributed by atoms with van der Waals surface area (Å²) in [6.07, 6.45) is 5.35. The molecule has 0 aromatic heterocycles. The molecule has 0 aliphatic heterocycles. The number of carboxylic acids is 1. The molecule has 1 rings (SSSR count). The summed E-state index contributed by atoms with van der Waals surface area (Å²) in [7, 11) is 0. The van der Waals surface area contributed by atoms with E-state index in [4.69, 9.17) is 0 Å². The molecule has 18 heavy (non-hydrogen) atoms. The fraction of sp³-hybridized carbons (Fsp3) is 0.857. The Morgan fingerprint density at radius 2 is 1.83 bits per heavy atom. The third-order valence-corrected chi connectivity index (χ3v) is 4.24. The SMILES string of the molecule is CCCC1CCC(C(=O)O)(N(CC)C(C)=O)CC1. The fourth-order valence-corrected chi connectivity index (χ4v) is 3.28. The monoisotopic (exact) mass is 255 g/mol. The maximum absolute atomic E-state index is 11.7. The Balaban J connectivity index is 2.85. The van der Waals surface area contributed by atoms with Crippen molar-refractivity contribution >= 4 is 11.9 Å². The van der Waals surface area contributed by atoms with Crippen molar-refractivity contribution in [2.24, 2.45) is 5.92 Å². The average molecular weight is 255 g/mol. The molecule has 104 valence electrons. The van der Waals surface area contributed by atoms with Crippen LogP contribution in [0.25, 0.3) is 0 Å². The molecule has 0 aromatic rings. The van der Waals surface area contributed by atoms with E-state index < -0.39 is 11.5 Å². The third-order valence-electron chi connectivity index (χ3n) is 4.24. The van der Waals surface area contributed by atoms with Crippen molar-refractivity contribution < 1.29 is 14.7 Å². The summed E-state index contributed by atoms with van der Waals surface area (Å²) in [5.74, 6) is -0.337. The lowest BCUT2D eigenvalue weighted by Crippen LogP contribution is -2.58. The summed E-state index contributed by atoms with van der Waals surface area (Å²) in [6.45, 7) is 5.95. The number of amides is 1. The first-order chi connectivity index (χ1) is 8.47. The highest BCUT2D eigenvalue weighted by molar-refractivity contribution is 5.86. The normalized spacial score (nSPS) is 27.8. The van der Waals surface area contributed by atoms with E-state index in [0.717, 1.165) is 19.3 Å². The minimum atomic E-state index is -0.954. The van der Waals surface area contributed by atoms with Gasteiger partial charge in [0.25, 0.3) is 0 Å². The van der Waals surface area contributed by atoms with Crippen LogP contribution in [0.4, 0.5) is 0 Å². The van der Waals surface area contributed by atoms with Crippen LogP contribution in [-0.2, 0) is 9.59 Å². The summed E-state index contributed by atoms with van der Waals surface area (Å²) in [5.41, 5.74) is -0.954. The molecule has 0 spiro atoms. The van der Waals surface area contributed by atoms with Crippen molar-refractivity contribution in [2.45, 2.75) is 64.8 Å². The van der Waals surface area contributed by atoms with Gasteiger partial charge in [0, 0.05) is 13.5 Å². The zero-order valence-electron chi connectivity index (χ0n) is 11.7. The van der Waals surface area contributed by atoms with Crippen LogP contribution in [0.2, 0.25) is 0 Å². The minimum Gasteiger partial charge on any atom is -0.479 e. The number of aliphatic carboxylic acids is 1. The van der Waals surface area contributed by atoms with E-state index in [9.17, 15) is 14.7 Å². The second kappa shape index (κ2) is 6.21. The predicted octanol–water partition coefficient (Wildman–Crippen LogP) is 2.67. The van der Waals surface area contributed by atoms with Crippen LogP contribution in [0.5, 0.6) is 0 Å². The van der Waals surface area contributed by atoms with E-state index in [1.165, 1.54) is 18.2 Å². The summed E-state index contributed by atoms with van der Waals surface area (Å²) in [4.78, 5) is 24.8. The number of carbonyl (C=O) groups is 2. The van der Waals surface area contributed by atoms with Gasteiger partial charge in [-0.15, -0.1) is 0 Å². The number of carboxylic acid groups (broad SMARTS) is 1. The van der Waals surface area contributed by atoms with Crippen molar-refractivity contribution in [3.8, 4) is 0 Å². The van der Waals surface area contributed by atoms with Crippen LogP contribution < -0.4 is 0 Å². The molecule has 4 heteroatoms. The van der Waals surface area contributed by atoms with Gasteiger partial charge in [0.15, 0.2) is 0 Å². The molecular formula is C14H25NO3. The Bertz CT molecular complexity index is 306. The van der Waals surface area contributed by atoms with Gasteiger partial charge in [-0.3, -0.25) is 4.79 Å². The maximum atomic E-state index is 11.7. The zero-order chi connectivity index (χ0) is 13.8. The summed E-state index contributed by atoms with van der Waals surface area (Å²) in [5, 5.41) is 9.56. The van der Waals surface area contributed by atoms with Crippen LogP contribution in [0.3, 0.4) is 0 Å². The van der Waals surface area contributed by atoms with E-state index in [2.05, 4.69) is 6.92 Å². The van der Waals surface area contributed by atoms with E-state index in [0.29, 0.717) is 25.3 Å². The molecule has 4 nitrogen and oxygen atoms in total. The molecule has 0 radical (unpaired) electrons. The number of carbonyl (C=O) groups excluding carboxylic acids is 1. The molecule has 0 bridgehead atoms. The number of hydrogen-bond donors (Lipinski definition) is 1. The van der Waals surface area contributed by atoms with Gasteiger partial charge < -0.3 is 10.0 Å². The van der Waals surface area contributed by atoms with Crippen LogP contribution in [-0.4, -0.2) is 34.0 Å². The average Bonchev–Trinajstić information content (AvgIpc) is 2.32. The Morgan fingerprint density at radius 1 is 1.28 bits per heavy atom. The molecule has 1 saturated carbocycles. The fourth-order valence-electron chi connectivity index (χ4n) is 3.28. The van der Waals surface area contributed by atoms with Crippen molar-refractivity contribution in [2.75, 3.05) is 6.54 Å². The number of hydrogen-bond acceptors (Lipinski definition) is 2. The number of nitrogens with zero attached hydrogens (tertiary/aromatic N) is 1. The van der Waals surface area contributed by atoms with E-state index in [-0.39, 0.29) is 5.91 Å². The first-order valence-corrected chi connectivity index (χ1v) is 6.99. The number of rotatable bonds is 5. The smallest absolute Gasteiger partial charge is 0.329 e. The van der Waals surface area contributed by atoms with Gasteiger partial charge in [0.05, 0.1) is 0 Å². The van der Waals surface area contributed by atoms with Gasteiger partial charge in [0.2, 0.25) is 5.91 Å². The molecule has 1 aliphatic rings. The Morgan fingerprint density at radius 3 is 2.17 bits per heavy atom. The molecular weight excluding hydrogens is 230 g/mol. The largest absolute Gasteiger partial charge is 0.479 e. The summed E-state index contributed by atoms with van der Waals surface area (Å²) in [6, 6.07) is 0. The van der Waals surface area contributed by atoms with Crippen molar-refractivity contribution in [1.82, 2.24) is 4.90 Å². The van der Waals surface area contributed by atoms with E-state index in [1.54, 1.807) is 0 Å². The van der Waals surface area contributed by atoms with E-state index >= 15 is 0 Å². The van der Waals surface area contributed by atoms with Gasteiger partial charge in [-0.25, -0.2) is 4.79 Å². The second-order valence-electron chi connectivity index (χ2n) is 5.33. The van der Waals surface area contributed by atoms with Gasteiger partial charge in [-0.2, -0.15) is 0 Å². The number of likely N-dealkylation sites (N-methyl/N-ethyl adjacent to an activating group) is 1. The summed E-state index contributed by atoms with van der Waals surface area (Å²) < 4.78 is 0.